The minimum atomic E-state index is 0.674. The molecule has 114 valence electrons. The van der Waals surface area contributed by atoms with Gasteiger partial charge in [-0.05, 0) is 30.2 Å². The summed E-state index contributed by atoms with van der Waals surface area (Å²) in [5.41, 5.74) is 1.31. The number of hydrogen-bond donors (Lipinski definition) is 1. The van der Waals surface area contributed by atoms with Crippen LogP contribution < -0.4 is 5.32 Å². The quantitative estimate of drug-likeness (QED) is 0.754. The van der Waals surface area contributed by atoms with Gasteiger partial charge in [-0.25, -0.2) is 0 Å². The Hall–Kier alpha value is -1.33. The van der Waals surface area contributed by atoms with E-state index in [1.807, 2.05) is 6.92 Å². The summed E-state index contributed by atoms with van der Waals surface area (Å²) in [5, 5.41) is 11.5. The van der Waals surface area contributed by atoms with Crippen molar-refractivity contribution in [2.75, 3.05) is 6.54 Å². The Labute approximate surface area is 130 Å². The van der Waals surface area contributed by atoms with E-state index in [4.69, 9.17) is 4.42 Å². The molecular weight excluding hydrogens is 282 g/mol. The topological polar surface area (TPSA) is 51.0 Å². The molecule has 0 spiro atoms. The summed E-state index contributed by atoms with van der Waals surface area (Å²) in [5.74, 6) is 2.79. The van der Waals surface area contributed by atoms with Crippen molar-refractivity contribution in [2.45, 2.75) is 44.4 Å². The first kappa shape index (κ1) is 16.0. The SMILES string of the molecule is CCc1nnc(CSc2cccc(CNCC(C)C)c2)o1. The van der Waals surface area contributed by atoms with Gasteiger partial charge in [0.05, 0.1) is 5.75 Å². The molecule has 0 amide bonds. The zero-order chi connectivity index (χ0) is 15.1. The van der Waals surface area contributed by atoms with Crippen LogP contribution in [0.15, 0.2) is 33.6 Å². The Kier molecular flexibility index (Phi) is 6.26. The molecule has 1 aromatic heterocycles. The summed E-state index contributed by atoms with van der Waals surface area (Å²) < 4.78 is 5.52. The molecule has 1 aromatic carbocycles. The molecule has 0 bridgehead atoms. The van der Waals surface area contributed by atoms with E-state index in [-0.39, 0.29) is 0 Å². The van der Waals surface area contributed by atoms with Crippen molar-refractivity contribution in [3.8, 4) is 0 Å². The molecule has 0 radical (unpaired) electrons. The predicted octanol–water partition coefficient (Wildman–Crippen LogP) is 3.67. The molecule has 1 heterocycles. The fraction of sp³-hybridized carbons (Fsp3) is 0.500. The van der Waals surface area contributed by atoms with E-state index >= 15 is 0 Å². The number of hydrogen-bond acceptors (Lipinski definition) is 5. The Bertz CT molecular complexity index is 554. The van der Waals surface area contributed by atoms with Gasteiger partial charge in [0.15, 0.2) is 0 Å². The van der Waals surface area contributed by atoms with Crippen LogP contribution in [0.5, 0.6) is 0 Å². The third kappa shape index (κ3) is 5.52. The predicted molar refractivity (Wildman–Crippen MR) is 86.2 cm³/mol. The summed E-state index contributed by atoms with van der Waals surface area (Å²) in [6.07, 6.45) is 0.786. The zero-order valence-electron chi connectivity index (χ0n) is 12.9. The molecule has 4 nitrogen and oxygen atoms in total. The zero-order valence-corrected chi connectivity index (χ0v) is 13.7. The number of thioether (sulfide) groups is 1. The lowest BCUT2D eigenvalue weighted by atomic mass is 10.2. The molecule has 0 fully saturated rings. The van der Waals surface area contributed by atoms with Gasteiger partial charge >= 0.3 is 0 Å². The van der Waals surface area contributed by atoms with E-state index in [1.54, 1.807) is 11.8 Å². The van der Waals surface area contributed by atoms with Crippen LogP contribution in [0.1, 0.15) is 38.1 Å². The highest BCUT2D eigenvalue weighted by molar-refractivity contribution is 7.98. The van der Waals surface area contributed by atoms with Crippen molar-refractivity contribution in [1.29, 1.82) is 0 Å². The molecule has 5 heteroatoms. The molecule has 0 aliphatic heterocycles. The van der Waals surface area contributed by atoms with Crippen LogP contribution in [0.25, 0.3) is 0 Å². The smallest absolute Gasteiger partial charge is 0.226 e. The van der Waals surface area contributed by atoms with E-state index in [2.05, 4.69) is 53.6 Å². The van der Waals surface area contributed by atoms with Crippen molar-refractivity contribution in [3.05, 3.63) is 41.6 Å². The van der Waals surface area contributed by atoms with Gasteiger partial charge in [-0.1, -0.05) is 32.9 Å². The van der Waals surface area contributed by atoms with Crippen molar-refractivity contribution >= 4 is 11.8 Å². The van der Waals surface area contributed by atoms with Crippen LogP contribution >= 0.6 is 11.8 Å². The maximum Gasteiger partial charge on any atom is 0.226 e. The fourth-order valence-corrected chi connectivity index (χ4v) is 2.70. The van der Waals surface area contributed by atoms with Gasteiger partial charge in [0.1, 0.15) is 0 Å². The molecule has 21 heavy (non-hydrogen) atoms. The average Bonchev–Trinajstić information content (AvgIpc) is 2.93. The van der Waals surface area contributed by atoms with E-state index in [0.717, 1.165) is 25.3 Å². The lowest BCUT2D eigenvalue weighted by Crippen LogP contribution is -2.18. The van der Waals surface area contributed by atoms with Gasteiger partial charge in [0.2, 0.25) is 11.8 Å². The molecule has 0 aliphatic carbocycles. The number of benzene rings is 1. The summed E-state index contributed by atoms with van der Waals surface area (Å²) in [4.78, 5) is 1.23. The van der Waals surface area contributed by atoms with Crippen LogP contribution in [-0.2, 0) is 18.7 Å². The number of nitrogens with zero attached hydrogens (tertiary/aromatic N) is 2. The van der Waals surface area contributed by atoms with E-state index in [1.165, 1.54) is 10.5 Å². The normalized spacial score (nSPS) is 11.2. The Morgan fingerprint density at radius 2 is 2.05 bits per heavy atom. The third-order valence-electron chi connectivity index (χ3n) is 2.95. The maximum absolute atomic E-state index is 5.52. The average molecular weight is 305 g/mol. The maximum atomic E-state index is 5.52. The first-order valence-electron chi connectivity index (χ1n) is 7.41. The van der Waals surface area contributed by atoms with Crippen molar-refractivity contribution in [3.63, 3.8) is 0 Å². The summed E-state index contributed by atoms with van der Waals surface area (Å²) in [7, 11) is 0. The lowest BCUT2D eigenvalue weighted by molar-refractivity contribution is 0.470. The molecule has 2 aromatic rings. The molecule has 0 saturated heterocycles. The molecule has 0 unspecified atom stereocenters. The van der Waals surface area contributed by atoms with Gasteiger partial charge in [-0.3, -0.25) is 0 Å². The first-order valence-corrected chi connectivity index (χ1v) is 8.39. The van der Waals surface area contributed by atoms with E-state index in [9.17, 15) is 0 Å². The summed E-state index contributed by atoms with van der Waals surface area (Å²) >= 11 is 1.73. The Morgan fingerprint density at radius 1 is 1.24 bits per heavy atom. The molecule has 1 N–H and O–H groups in total. The molecule has 0 saturated carbocycles. The van der Waals surface area contributed by atoms with Crippen LogP contribution in [0.2, 0.25) is 0 Å². The Balaban J connectivity index is 1.85. The molecular formula is C16H23N3OS. The second-order valence-electron chi connectivity index (χ2n) is 5.40. The summed E-state index contributed by atoms with van der Waals surface area (Å²) in [6.45, 7) is 8.40. The van der Waals surface area contributed by atoms with Gasteiger partial charge in [-0.15, -0.1) is 22.0 Å². The largest absolute Gasteiger partial charge is 0.424 e. The number of aromatic nitrogens is 2. The lowest BCUT2D eigenvalue weighted by Gasteiger charge is -2.08. The molecule has 0 aliphatic rings. The first-order chi connectivity index (χ1) is 10.2. The molecule has 2 rings (SSSR count). The minimum absolute atomic E-state index is 0.674. The minimum Gasteiger partial charge on any atom is -0.424 e. The van der Waals surface area contributed by atoms with Crippen LogP contribution in [-0.4, -0.2) is 16.7 Å². The van der Waals surface area contributed by atoms with E-state index < -0.39 is 0 Å². The van der Waals surface area contributed by atoms with Crippen molar-refractivity contribution in [1.82, 2.24) is 15.5 Å². The monoisotopic (exact) mass is 305 g/mol. The number of rotatable bonds is 8. The third-order valence-corrected chi connectivity index (χ3v) is 3.93. The highest BCUT2D eigenvalue weighted by Gasteiger charge is 2.05. The number of aryl methyl sites for hydroxylation is 1. The summed E-state index contributed by atoms with van der Waals surface area (Å²) in [6, 6.07) is 8.59. The molecule has 0 atom stereocenters. The Morgan fingerprint density at radius 3 is 2.76 bits per heavy atom. The second kappa shape index (κ2) is 8.20. The van der Waals surface area contributed by atoms with Crippen LogP contribution in [0, 0.1) is 5.92 Å². The highest BCUT2D eigenvalue weighted by Crippen LogP contribution is 2.23. The van der Waals surface area contributed by atoms with Crippen LogP contribution in [0.4, 0.5) is 0 Å². The van der Waals surface area contributed by atoms with Crippen molar-refractivity contribution < 1.29 is 4.42 Å². The van der Waals surface area contributed by atoms with Crippen LogP contribution in [0.3, 0.4) is 0 Å². The fourth-order valence-electron chi connectivity index (χ4n) is 1.89. The van der Waals surface area contributed by atoms with Gasteiger partial charge in [0, 0.05) is 17.9 Å². The van der Waals surface area contributed by atoms with Gasteiger partial charge in [0.25, 0.3) is 0 Å². The van der Waals surface area contributed by atoms with E-state index in [0.29, 0.717) is 17.7 Å². The highest BCUT2D eigenvalue weighted by atomic mass is 32.2. The standard InChI is InChI=1S/C16H23N3OS/c1-4-15-18-19-16(20-15)11-21-14-7-5-6-13(8-14)10-17-9-12(2)3/h5-8,12,17H,4,9-11H2,1-3H3. The second-order valence-corrected chi connectivity index (χ2v) is 6.45. The van der Waals surface area contributed by atoms with Crippen molar-refractivity contribution in [2.24, 2.45) is 5.92 Å². The van der Waals surface area contributed by atoms with Gasteiger partial charge < -0.3 is 9.73 Å². The number of nitrogens with one attached hydrogen (secondary N) is 1. The van der Waals surface area contributed by atoms with Gasteiger partial charge in [-0.2, -0.15) is 0 Å².